The molecule has 0 bridgehead atoms. The van der Waals surface area contributed by atoms with E-state index in [0.717, 1.165) is 0 Å². The van der Waals surface area contributed by atoms with E-state index >= 15 is 0 Å². The van der Waals surface area contributed by atoms with Crippen LogP contribution < -0.4 is 3.61 Å². The molecule has 15 heavy (non-hydrogen) atoms. The zero-order chi connectivity index (χ0) is 11.3. The molecule has 0 fully saturated rings. The average molecular weight is 320 g/mol. The molecule has 0 amide bonds. The first-order chi connectivity index (χ1) is 7.06. The summed E-state index contributed by atoms with van der Waals surface area (Å²) in [5, 5.41) is 0. The van der Waals surface area contributed by atoms with Gasteiger partial charge >= 0.3 is 101 Å². The molecule has 0 atom stereocenters. The van der Waals surface area contributed by atoms with E-state index in [1.165, 1.54) is 3.61 Å². The van der Waals surface area contributed by atoms with Gasteiger partial charge in [-0.3, -0.25) is 0 Å². The summed E-state index contributed by atoms with van der Waals surface area (Å²) in [4.78, 5) is 11.7. The van der Waals surface area contributed by atoms with E-state index < -0.39 is 20.9 Å². The molecule has 0 saturated heterocycles. The van der Waals surface area contributed by atoms with Gasteiger partial charge in [-0.2, -0.15) is 0 Å². The summed E-state index contributed by atoms with van der Waals surface area (Å²) in [5.41, 5.74) is 0. The minimum atomic E-state index is -0.540. The predicted octanol–water partition coefficient (Wildman–Crippen LogP) is 1.78. The summed E-state index contributed by atoms with van der Waals surface area (Å²) >= 11 is -0.540. The molecule has 0 aliphatic rings. The molecule has 3 heteroatoms. The van der Waals surface area contributed by atoms with E-state index in [4.69, 9.17) is 4.74 Å². The molecule has 0 unspecified atom stereocenters. The van der Waals surface area contributed by atoms with E-state index in [-0.39, 0.29) is 9.43 Å². The normalized spacial score (nSPS) is 11.1. The van der Waals surface area contributed by atoms with Crippen LogP contribution in [0.4, 0.5) is 0 Å². The van der Waals surface area contributed by atoms with Gasteiger partial charge < -0.3 is 0 Å². The van der Waals surface area contributed by atoms with Gasteiger partial charge in [-0.25, -0.2) is 0 Å². The van der Waals surface area contributed by atoms with Crippen LogP contribution in [-0.2, 0) is 9.53 Å². The third-order valence-electron chi connectivity index (χ3n) is 1.88. The van der Waals surface area contributed by atoms with Crippen molar-refractivity contribution in [2.24, 2.45) is 0 Å². The fourth-order valence-electron chi connectivity index (χ4n) is 1.13. The Morgan fingerprint density at radius 3 is 2.47 bits per heavy atom. The Balaban J connectivity index is 2.68. The fraction of sp³-hybridized carbons (Fsp3) is 0.417. The molecule has 0 N–H and O–H groups in total. The van der Waals surface area contributed by atoms with E-state index in [1.54, 1.807) is 0 Å². The number of esters is 1. The van der Waals surface area contributed by atoms with Crippen molar-refractivity contribution in [1.29, 1.82) is 0 Å². The Morgan fingerprint density at radius 2 is 1.93 bits per heavy atom. The fourth-order valence-corrected chi connectivity index (χ4v) is 4.05. The average Bonchev–Trinajstić information content (AvgIpc) is 2.19. The number of carbonyl (C=O) groups excluding carboxylic acids is 1. The van der Waals surface area contributed by atoms with E-state index in [2.05, 4.69) is 12.1 Å². The molecule has 0 aromatic heterocycles. The van der Waals surface area contributed by atoms with Gasteiger partial charge in [0, 0.05) is 0 Å². The van der Waals surface area contributed by atoms with Crippen LogP contribution in [0.2, 0.25) is 3.46 Å². The molecule has 0 aliphatic carbocycles. The molecule has 0 spiro atoms. The molecule has 1 aromatic rings. The Bertz CT molecular complexity index is 320. The van der Waals surface area contributed by atoms with Gasteiger partial charge in [-0.1, -0.05) is 0 Å². The molecule has 82 valence electrons. The quantitative estimate of drug-likeness (QED) is 0.624. The summed E-state index contributed by atoms with van der Waals surface area (Å²) in [5.74, 6) is -0.0729. The van der Waals surface area contributed by atoms with Crippen LogP contribution in [0.1, 0.15) is 20.8 Å². The van der Waals surface area contributed by atoms with Crippen molar-refractivity contribution in [1.82, 2.24) is 0 Å². The zero-order valence-electron chi connectivity index (χ0n) is 9.32. The summed E-state index contributed by atoms with van der Waals surface area (Å²) in [6.45, 7) is 6.25. The van der Waals surface area contributed by atoms with E-state index in [1.807, 2.05) is 39.0 Å². The summed E-state index contributed by atoms with van der Waals surface area (Å²) < 4.78 is 6.05. The maximum atomic E-state index is 11.7. The minimum absolute atomic E-state index is 0.0729. The SMILES string of the molecule is CCOC(=O)C(C)(C)[Te]c1ccccc1. The summed E-state index contributed by atoms with van der Waals surface area (Å²) in [7, 11) is 0. The second-order valence-electron chi connectivity index (χ2n) is 3.65. The molecule has 1 aromatic carbocycles. The first-order valence-corrected chi connectivity index (χ1v) is 7.30. The van der Waals surface area contributed by atoms with Crippen molar-refractivity contribution in [3.8, 4) is 0 Å². The number of ether oxygens (including phenoxy) is 1. The molecular weight excluding hydrogens is 304 g/mol. The van der Waals surface area contributed by atoms with Crippen molar-refractivity contribution in [2.45, 2.75) is 24.2 Å². The second-order valence-corrected chi connectivity index (χ2v) is 8.49. The van der Waals surface area contributed by atoms with Crippen LogP contribution in [0, 0.1) is 0 Å². The van der Waals surface area contributed by atoms with Crippen LogP contribution in [0.15, 0.2) is 30.3 Å². The van der Waals surface area contributed by atoms with Crippen LogP contribution in [-0.4, -0.2) is 33.5 Å². The van der Waals surface area contributed by atoms with Crippen LogP contribution in [0.3, 0.4) is 0 Å². The van der Waals surface area contributed by atoms with Gasteiger partial charge in [-0.05, 0) is 0 Å². The first kappa shape index (κ1) is 12.5. The van der Waals surface area contributed by atoms with Crippen LogP contribution >= 0.6 is 0 Å². The first-order valence-electron chi connectivity index (χ1n) is 4.97. The monoisotopic (exact) mass is 322 g/mol. The summed E-state index contributed by atoms with van der Waals surface area (Å²) in [6, 6.07) is 10.2. The summed E-state index contributed by atoms with van der Waals surface area (Å²) in [6.07, 6.45) is 0. The second kappa shape index (κ2) is 5.53. The number of benzene rings is 1. The molecule has 0 heterocycles. The zero-order valence-corrected chi connectivity index (χ0v) is 11.6. The van der Waals surface area contributed by atoms with Crippen molar-refractivity contribution in [3.63, 3.8) is 0 Å². The van der Waals surface area contributed by atoms with Crippen molar-refractivity contribution < 1.29 is 9.53 Å². The third kappa shape index (κ3) is 3.85. The van der Waals surface area contributed by atoms with Gasteiger partial charge in [0.1, 0.15) is 0 Å². The van der Waals surface area contributed by atoms with Gasteiger partial charge in [0.2, 0.25) is 0 Å². The Labute approximate surface area is 101 Å². The molecular formula is C12H16O2Te. The van der Waals surface area contributed by atoms with Gasteiger partial charge in [0.15, 0.2) is 0 Å². The van der Waals surface area contributed by atoms with Gasteiger partial charge in [0.25, 0.3) is 0 Å². The maximum absolute atomic E-state index is 11.7. The number of carbonyl (C=O) groups is 1. The van der Waals surface area contributed by atoms with Crippen molar-refractivity contribution >= 4 is 30.5 Å². The molecule has 2 nitrogen and oxygen atoms in total. The Kier molecular flexibility index (Phi) is 4.63. The molecule has 0 saturated carbocycles. The third-order valence-corrected chi connectivity index (χ3v) is 5.26. The van der Waals surface area contributed by atoms with Gasteiger partial charge in [-0.15, -0.1) is 0 Å². The number of rotatable bonds is 4. The van der Waals surface area contributed by atoms with E-state index in [0.29, 0.717) is 6.61 Å². The van der Waals surface area contributed by atoms with Gasteiger partial charge in [0.05, 0.1) is 0 Å². The predicted molar refractivity (Wildman–Crippen MR) is 62.5 cm³/mol. The number of hydrogen-bond donors (Lipinski definition) is 0. The standard InChI is InChI=1S/C12H16O2Te/c1-4-14-11(13)12(2,3)15-10-8-6-5-7-9-10/h5-9H,4H2,1-3H3. The van der Waals surface area contributed by atoms with E-state index in [9.17, 15) is 4.79 Å². The Hall–Kier alpha value is -0.520. The van der Waals surface area contributed by atoms with Crippen LogP contribution in [0.25, 0.3) is 0 Å². The Morgan fingerprint density at radius 1 is 1.33 bits per heavy atom. The number of hydrogen-bond acceptors (Lipinski definition) is 2. The van der Waals surface area contributed by atoms with Crippen molar-refractivity contribution in [2.75, 3.05) is 6.61 Å². The van der Waals surface area contributed by atoms with Crippen LogP contribution in [0.5, 0.6) is 0 Å². The molecule has 1 rings (SSSR count). The topological polar surface area (TPSA) is 26.3 Å². The van der Waals surface area contributed by atoms with Crippen molar-refractivity contribution in [3.05, 3.63) is 30.3 Å². The molecule has 0 radical (unpaired) electrons. The molecule has 0 aliphatic heterocycles.